The SMILES string of the molecule is C[Si](C)(C)CCOCn1ccc2c(Cl)cc(Br)cc21. The van der Waals surface area contributed by atoms with Gasteiger partial charge < -0.3 is 9.30 Å². The number of benzene rings is 1. The molecule has 2 rings (SSSR count). The van der Waals surface area contributed by atoms with E-state index in [9.17, 15) is 0 Å². The Labute approximate surface area is 128 Å². The van der Waals surface area contributed by atoms with Gasteiger partial charge in [-0.05, 0) is 24.2 Å². The van der Waals surface area contributed by atoms with Gasteiger partial charge >= 0.3 is 0 Å². The highest BCUT2D eigenvalue weighted by Gasteiger charge is 2.12. The van der Waals surface area contributed by atoms with E-state index in [1.165, 1.54) is 6.04 Å². The van der Waals surface area contributed by atoms with Crippen molar-refractivity contribution in [3.05, 3.63) is 33.9 Å². The van der Waals surface area contributed by atoms with Crippen molar-refractivity contribution in [3.8, 4) is 0 Å². The Morgan fingerprint density at radius 3 is 2.74 bits per heavy atom. The second kappa shape index (κ2) is 6.00. The maximum atomic E-state index is 6.22. The fourth-order valence-electron chi connectivity index (χ4n) is 1.87. The Hall–Kier alpha value is -0.293. The molecule has 0 amide bonds. The average molecular weight is 361 g/mol. The lowest BCUT2D eigenvalue weighted by molar-refractivity contribution is 0.0902. The van der Waals surface area contributed by atoms with Gasteiger partial charge in [-0.3, -0.25) is 0 Å². The summed E-state index contributed by atoms with van der Waals surface area (Å²) in [5.41, 5.74) is 1.10. The molecule has 2 nitrogen and oxygen atoms in total. The summed E-state index contributed by atoms with van der Waals surface area (Å²) < 4.78 is 8.87. The maximum Gasteiger partial charge on any atom is 0.122 e. The predicted octanol–water partition coefficient (Wildman–Crippen LogP) is 5.37. The largest absolute Gasteiger partial charge is 0.361 e. The lowest BCUT2D eigenvalue weighted by atomic mass is 10.2. The Bertz CT molecular complexity index is 577. The summed E-state index contributed by atoms with van der Waals surface area (Å²) in [5.74, 6) is 0. The van der Waals surface area contributed by atoms with Crippen LogP contribution >= 0.6 is 27.5 Å². The predicted molar refractivity (Wildman–Crippen MR) is 88.8 cm³/mol. The molecule has 0 aliphatic carbocycles. The van der Waals surface area contributed by atoms with Crippen molar-refractivity contribution in [2.45, 2.75) is 32.4 Å². The fourth-order valence-corrected chi connectivity index (χ4v) is 3.48. The van der Waals surface area contributed by atoms with Crippen LogP contribution in [0.4, 0.5) is 0 Å². The minimum atomic E-state index is -1.01. The van der Waals surface area contributed by atoms with Crippen LogP contribution in [0.5, 0.6) is 0 Å². The molecule has 0 spiro atoms. The van der Waals surface area contributed by atoms with Crippen molar-refractivity contribution in [1.29, 1.82) is 0 Å². The molecule has 0 aliphatic heterocycles. The molecule has 1 aromatic carbocycles. The van der Waals surface area contributed by atoms with Gasteiger partial charge in [0.05, 0.1) is 10.5 Å². The molecule has 0 radical (unpaired) electrons. The molecular weight excluding hydrogens is 342 g/mol. The zero-order valence-electron chi connectivity index (χ0n) is 11.5. The lowest BCUT2D eigenvalue weighted by Gasteiger charge is -2.15. The molecule has 0 fully saturated rings. The normalized spacial score (nSPS) is 12.3. The second-order valence-electron chi connectivity index (χ2n) is 5.95. The fraction of sp³-hybridized carbons (Fsp3) is 0.429. The van der Waals surface area contributed by atoms with Crippen LogP contribution in [0.15, 0.2) is 28.9 Å². The van der Waals surface area contributed by atoms with Crippen LogP contribution in [0.25, 0.3) is 10.9 Å². The van der Waals surface area contributed by atoms with Gasteiger partial charge in [0.2, 0.25) is 0 Å². The quantitative estimate of drug-likeness (QED) is 0.516. The molecule has 0 saturated heterocycles. The number of fused-ring (bicyclic) bond motifs is 1. The Morgan fingerprint density at radius 1 is 1.32 bits per heavy atom. The summed E-state index contributed by atoms with van der Waals surface area (Å²) in [6, 6.07) is 7.21. The minimum Gasteiger partial charge on any atom is -0.361 e. The first-order valence-corrected chi connectivity index (χ1v) is 11.3. The van der Waals surface area contributed by atoms with Crippen LogP contribution in [0.1, 0.15) is 0 Å². The Balaban J connectivity index is 2.05. The lowest BCUT2D eigenvalue weighted by Crippen LogP contribution is -2.21. The molecule has 0 N–H and O–H groups in total. The molecule has 1 aromatic heterocycles. The van der Waals surface area contributed by atoms with Gasteiger partial charge in [-0.2, -0.15) is 0 Å². The molecule has 2 aromatic rings. The van der Waals surface area contributed by atoms with Crippen LogP contribution in [0.2, 0.25) is 30.7 Å². The number of hydrogen-bond donors (Lipinski definition) is 0. The van der Waals surface area contributed by atoms with E-state index < -0.39 is 8.07 Å². The molecular formula is C14H19BrClNOSi. The van der Waals surface area contributed by atoms with Gasteiger partial charge in [0.25, 0.3) is 0 Å². The zero-order chi connectivity index (χ0) is 14.0. The molecule has 0 saturated carbocycles. The highest BCUT2D eigenvalue weighted by atomic mass is 79.9. The Morgan fingerprint density at radius 2 is 2.05 bits per heavy atom. The number of aromatic nitrogens is 1. The van der Waals surface area contributed by atoms with E-state index >= 15 is 0 Å². The van der Waals surface area contributed by atoms with Gasteiger partial charge in [0, 0.05) is 30.7 Å². The van der Waals surface area contributed by atoms with Crippen molar-refractivity contribution < 1.29 is 4.74 Å². The van der Waals surface area contributed by atoms with Gasteiger partial charge in [0.1, 0.15) is 6.73 Å². The summed E-state index contributed by atoms with van der Waals surface area (Å²) in [5, 5.41) is 1.84. The monoisotopic (exact) mass is 359 g/mol. The molecule has 19 heavy (non-hydrogen) atoms. The van der Waals surface area contributed by atoms with Crippen molar-refractivity contribution >= 4 is 46.5 Å². The van der Waals surface area contributed by atoms with Gasteiger partial charge in [-0.15, -0.1) is 0 Å². The van der Waals surface area contributed by atoms with E-state index in [1.54, 1.807) is 0 Å². The van der Waals surface area contributed by atoms with E-state index in [0.717, 1.165) is 27.0 Å². The first-order chi connectivity index (χ1) is 8.87. The van der Waals surface area contributed by atoms with E-state index in [1.807, 2.05) is 18.3 Å². The van der Waals surface area contributed by atoms with Crippen LogP contribution in [0.3, 0.4) is 0 Å². The van der Waals surface area contributed by atoms with Crippen LogP contribution in [0, 0.1) is 0 Å². The standard InChI is InChI=1S/C14H19BrClNOSi/c1-19(2,3)7-6-18-10-17-5-4-12-13(16)8-11(15)9-14(12)17/h4-5,8-9H,6-7,10H2,1-3H3. The molecule has 0 unspecified atom stereocenters. The van der Waals surface area contributed by atoms with Gasteiger partial charge in [-0.25, -0.2) is 0 Å². The van der Waals surface area contributed by atoms with Gasteiger partial charge in [-0.1, -0.05) is 47.2 Å². The molecule has 0 bridgehead atoms. The van der Waals surface area contributed by atoms with E-state index in [-0.39, 0.29) is 0 Å². The Kier molecular flexibility index (Phi) is 4.77. The molecule has 5 heteroatoms. The summed E-state index contributed by atoms with van der Waals surface area (Å²) >= 11 is 9.70. The van der Waals surface area contributed by atoms with Crippen molar-refractivity contribution in [3.63, 3.8) is 0 Å². The highest BCUT2D eigenvalue weighted by Crippen LogP contribution is 2.28. The van der Waals surface area contributed by atoms with Crippen LogP contribution in [-0.2, 0) is 11.5 Å². The summed E-state index contributed by atoms with van der Waals surface area (Å²) in [7, 11) is -1.01. The summed E-state index contributed by atoms with van der Waals surface area (Å²) in [6.45, 7) is 8.49. The number of nitrogens with zero attached hydrogens (tertiary/aromatic N) is 1. The maximum absolute atomic E-state index is 6.22. The molecule has 0 atom stereocenters. The molecule has 0 aliphatic rings. The molecule has 104 valence electrons. The topological polar surface area (TPSA) is 14.2 Å². The molecule has 1 heterocycles. The van der Waals surface area contributed by atoms with Crippen LogP contribution < -0.4 is 0 Å². The van der Waals surface area contributed by atoms with Crippen molar-refractivity contribution in [1.82, 2.24) is 4.57 Å². The average Bonchev–Trinajstić information content (AvgIpc) is 2.66. The third kappa shape index (κ3) is 4.08. The summed E-state index contributed by atoms with van der Waals surface area (Å²) in [6.07, 6.45) is 2.03. The number of ether oxygens (including phenoxy) is 1. The zero-order valence-corrected chi connectivity index (χ0v) is 14.9. The highest BCUT2D eigenvalue weighted by molar-refractivity contribution is 9.10. The number of rotatable bonds is 5. The number of halogens is 2. The summed E-state index contributed by atoms with van der Waals surface area (Å²) in [4.78, 5) is 0. The van der Waals surface area contributed by atoms with Crippen LogP contribution in [-0.4, -0.2) is 19.2 Å². The van der Waals surface area contributed by atoms with Crippen molar-refractivity contribution in [2.75, 3.05) is 6.61 Å². The van der Waals surface area contributed by atoms with E-state index in [0.29, 0.717) is 6.73 Å². The minimum absolute atomic E-state index is 0.584. The number of hydrogen-bond acceptors (Lipinski definition) is 1. The van der Waals surface area contributed by atoms with Gasteiger partial charge in [0.15, 0.2) is 0 Å². The first kappa shape index (κ1) is 15.1. The van der Waals surface area contributed by atoms with Crippen molar-refractivity contribution in [2.24, 2.45) is 0 Å². The van der Waals surface area contributed by atoms with E-state index in [4.69, 9.17) is 16.3 Å². The third-order valence-electron chi connectivity index (χ3n) is 3.03. The first-order valence-electron chi connectivity index (χ1n) is 6.38. The third-order valence-corrected chi connectivity index (χ3v) is 5.50. The van der Waals surface area contributed by atoms with E-state index in [2.05, 4.69) is 46.2 Å². The second-order valence-corrected chi connectivity index (χ2v) is 12.9. The smallest absolute Gasteiger partial charge is 0.122 e.